The lowest BCUT2D eigenvalue weighted by Gasteiger charge is -2.25. The summed E-state index contributed by atoms with van der Waals surface area (Å²) < 4.78 is 0. The standard InChI is InChI=1S/C31H32N4O3/c1-21-10-9-15-24(18-21)32-31(38)34-29-30(37)35(20-25(36)19-22-11-5-6-12-22)27-17-8-7-16-26(27)28(33-29)23-13-3-2-4-14-23/h2-4,7-10,13-18,22,29H,5-6,11-12,19-20H2,1H3,(H2,32,34,38)/t29-/m0/s1. The van der Waals surface area contributed by atoms with E-state index in [1.807, 2.05) is 79.7 Å². The Morgan fingerprint density at radius 2 is 1.68 bits per heavy atom. The molecule has 1 atom stereocenters. The molecule has 1 fully saturated rings. The number of carbonyl (C=O) groups is 3. The van der Waals surface area contributed by atoms with E-state index in [0.29, 0.717) is 29.4 Å². The number of aryl methyl sites for hydroxylation is 1. The molecule has 2 N–H and O–H groups in total. The Labute approximate surface area is 223 Å². The molecule has 0 bridgehead atoms. The molecule has 1 aliphatic carbocycles. The van der Waals surface area contributed by atoms with Gasteiger partial charge in [-0.05, 0) is 36.6 Å². The lowest BCUT2D eigenvalue weighted by Crippen LogP contribution is -2.50. The van der Waals surface area contributed by atoms with Crippen LogP contribution in [0.15, 0.2) is 83.9 Å². The molecular formula is C31H32N4O3. The van der Waals surface area contributed by atoms with Crippen molar-refractivity contribution in [2.24, 2.45) is 10.9 Å². The number of hydrogen-bond acceptors (Lipinski definition) is 4. The van der Waals surface area contributed by atoms with Gasteiger partial charge in [-0.1, -0.05) is 86.3 Å². The number of urea groups is 1. The lowest BCUT2D eigenvalue weighted by molar-refractivity contribution is -0.124. The molecule has 7 heteroatoms. The minimum absolute atomic E-state index is 0.0196. The first-order chi connectivity index (χ1) is 18.5. The van der Waals surface area contributed by atoms with E-state index in [0.717, 1.165) is 42.4 Å². The number of carbonyl (C=O) groups excluding carboxylic acids is 3. The summed E-state index contributed by atoms with van der Waals surface area (Å²) in [6.45, 7) is 1.88. The predicted molar refractivity (Wildman–Crippen MR) is 150 cm³/mol. The maximum Gasteiger partial charge on any atom is 0.321 e. The van der Waals surface area contributed by atoms with Crippen LogP contribution in [0.5, 0.6) is 0 Å². The van der Waals surface area contributed by atoms with Gasteiger partial charge in [-0.2, -0.15) is 0 Å². The van der Waals surface area contributed by atoms with Crippen molar-refractivity contribution in [2.75, 3.05) is 16.8 Å². The van der Waals surface area contributed by atoms with E-state index in [9.17, 15) is 14.4 Å². The maximum absolute atomic E-state index is 13.9. The van der Waals surface area contributed by atoms with Gasteiger partial charge in [0.2, 0.25) is 6.17 Å². The molecular weight excluding hydrogens is 476 g/mol. The van der Waals surface area contributed by atoms with Gasteiger partial charge in [0, 0.05) is 23.2 Å². The molecule has 0 aromatic heterocycles. The van der Waals surface area contributed by atoms with Crippen molar-refractivity contribution in [2.45, 2.75) is 45.2 Å². The minimum Gasteiger partial charge on any atom is -0.308 e. The Morgan fingerprint density at radius 1 is 0.947 bits per heavy atom. The maximum atomic E-state index is 13.9. The van der Waals surface area contributed by atoms with E-state index >= 15 is 0 Å². The average molecular weight is 509 g/mol. The first kappa shape index (κ1) is 25.4. The van der Waals surface area contributed by atoms with Crippen molar-refractivity contribution in [3.05, 3.63) is 95.6 Å². The molecule has 5 rings (SSSR count). The SMILES string of the molecule is Cc1cccc(NC(=O)N[C@@H]2N=C(c3ccccc3)c3ccccc3N(CC(=O)CC3CCCC3)C2=O)c1. The molecule has 3 aromatic carbocycles. The molecule has 0 saturated heterocycles. The minimum atomic E-state index is -1.21. The van der Waals surface area contributed by atoms with Gasteiger partial charge in [-0.15, -0.1) is 0 Å². The lowest BCUT2D eigenvalue weighted by atomic mass is 9.99. The summed E-state index contributed by atoms with van der Waals surface area (Å²) in [6.07, 6.45) is 3.67. The number of benzene rings is 3. The van der Waals surface area contributed by atoms with Crippen LogP contribution in [0, 0.1) is 12.8 Å². The highest BCUT2D eigenvalue weighted by Crippen LogP contribution is 2.30. The van der Waals surface area contributed by atoms with E-state index in [1.54, 1.807) is 6.07 Å². The monoisotopic (exact) mass is 508 g/mol. The fourth-order valence-electron chi connectivity index (χ4n) is 5.30. The van der Waals surface area contributed by atoms with Crippen molar-refractivity contribution in [3.63, 3.8) is 0 Å². The summed E-state index contributed by atoms with van der Waals surface area (Å²) in [4.78, 5) is 46.3. The molecule has 7 nitrogen and oxygen atoms in total. The van der Waals surface area contributed by atoms with Gasteiger partial charge >= 0.3 is 6.03 Å². The molecule has 38 heavy (non-hydrogen) atoms. The van der Waals surface area contributed by atoms with Gasteiger partial charge in [0.05, 0.1) is 17.9 Å². The van der Waals surface area contributed by atoms with Crippen LogP contribution >= 0.6 is 0 Å². The number of rotatable bonds is 7. The molecule has 3 amide bonds. The molecule has 1 aliphatic heterocycles. The fraction of sp³-hybridized carbons (Fsp3) is 0.290. The van der Waals surface area contributed by atoms with Gasteiger partial charge in [0.1, 0.15) is 0 Å². The third kappa shape index (κ3) is 5.83. The number of benzodiazepines with no additional fused rings is 1. The smallest absolute Gasteiger partial charge is 0.308 e. The molecule has 0 spiro atoms. The highest BCUT2D eigenvalue weighted by molar-refractivity contribution is 6.21. The highest BCUT2D eigenvalue weighted by Gasteiger charge is 2.34. The second kappa shape index (κ2) is 11.4. The number of nitrogens with zero attached hydrogens (tertiary/aromatic N) is 2. The molecule has 0 radical (unpaired) electrons. The van der Waals surface area contributed by atoms with Crippen molar-refractivity contribution < 1.29 is 14.4 Å². The van der Waals surface area contributed by atoms with Crippen LogP contribution in [0.1, 0.15) is 48.8 Å². The molecule has 1 heterocycles. The molecule has 194 valence electrons. The number of Topliss-reactive ketones (excluding diaryl/α,β-unsaturated/α-hetero) is 1. The summed E-state index contributed by atoms with van der Waals surface area (Å²) in [5, 5.41) is 5.54. The van der Waals surface area contributed by atoms with Crippen molar-refractivity contribution in [1.29, 1.82) is 0 Å². The van der Waals surface area contributed by atoms with Crippen LogP contribution in [0.2, 0.25) is 0 Å². The number of hydrogen-bond donors (Lipinski definition) is 2. The third-order valence-electron chi connectivity index (χ3n) is 7.12. The van der Waals surface area contributed by atoms with E-state index in [-0.39, 0.29) is 12.3 Å². The number of amides is 3. The number of fused-ring (bicyclic) bond motifs is 1. The second-order valence-electron chi connectivity index (χ2n) is 10.0. The Morgan fingerprint density at radius 3 is 2.45 bits per heavy atom. The number of para-hydroxylation sites is 1. The first-order valence-corrected chi connectivity index (χ1v) is 13.2. The van der Waals surface area contributed by atoms with Gasteiger partial charge in [0.15, 0.2) is 5.78 Å². The topological polar surface area (TPSA) is 90.9 Å². The quantitative estimate of drug-likeness (QED) is 0.443. The van der Waals surface area contributed by atoms with Gasteiger partial charge in [-0.3, -0.25) is 9.59 Å². The second-order valence-corrected chi connectivity index (χ2v) is 10.0. The van der Waals surface area contributed by atoms with Gasteiger partial charge in [-0.25, -0.2) is 9.79 Å². The molecule has 2 aliphatic rings. The van der Waals surface area contributed by atoms with Crippen LogP contribution in [-0.2, 0) is 9.59 Å². The summed E-state index contributed by atoms with van der Waals surface area (Å²) >= 11 is 0. The highest BCUT2D eigenvalue weighted by atomic mass is 16.2. The zero-order valence-electron chi connectivity index (χ0n) is 21.5. The number of aliphatic imine (C=N–C) groups is 1. The number of ketones is 1. The van der Waals surface area contributed by atoms with Crippen LogP contribution in [0.3, 0.4) is 0 Å². The predicted octanol–water partition coefficient (Wildman–Crippen LogP) is 5.48. The summed E-state index contributed by atoms with van der Waals surface area (Å²) in [5.74, 6) is -0.0429. The molecule has 0 unspecified atom stereocenters. The van der Waals surface area contributed by atoms with E-state index in [4.69, 9.17) is 4.99 Å². The third-order valence-corrected chi connectivity index (χ3v) is 7.12. The normalized spacial score (nSPS) is 17.4. The van der Waals surface area contributed by atoms with Crippen LogP contribution in [0.4, 0.5) is 16.2 Å². The summed E-state index contributed by atoms with van der Waals surface area (Å²) in [5.41, 5.74) is 4.37. The van der Waals surface area contributed by atoms with E-state index in [1.165, 1.54) is 4.90 Å². The van der Waals surface area contributed by atoms with Crippen LogP contribution in [-0.4, -0.2) is 36.1 Å². The van der Waals surface area contributed by atoms with Gasteiger partial charge in [0.25, 0.3) is 5.91 Å². The first-order valence-electron chi connectivity index (χ1n) is 13.2. The molecule has 3 aromatic rings. The van der Waals surface area contributed by atoms with E-state index < -0.39 is 18.1 Å². The van der Waals surface area contributed by atoms with Crippen molar-refractivity contribution >= 4 is 34.8 Å². The average Bonchev–Trinajstić information content (AvgIpc) is 3.39. The van der Waals surface area contributed by atoms with Gasteiger partial charge < -0.3 is 15.5 Å². The van der Waals surface area contributed by atoms with Crippen LogP contribution in [0.25, 0.3) is 0 Å². The summed E-state index contributed by atoms with van der Waals surface area (Å²) in [7, 11) is 0. The summed E-state index contributed by atoms with van der Waals surface area (Å²) in [6, 6.07) is 23.9. The Hall–Kier alpha value is -4.26. The van der Waals surface area contributed by atoms with Crippen LogP contribution < -0.4 is 15.5 Å². The Bertz CT molecular complexity index is 1360. The Balaban J connectivity index is 1.48. The Kier molecular flexibility index (Phi) is 7.63. The van der Waals surface area contributed by atoms with E-state index in [2.05, 4.69) is 10.6 Å². The largest absolute Gasteiger partial charge is 0.321 e. The zero-order valence-corrected chi connectivity index (χ0v) is 21.5. The fourth-order valence-corrected chi connectivity index (χ4v) is 5.30. The van der Waals surface area contributed by atoms with Crippen molar-refractivity contribution in [1.82, 2.24) is 5.32 Å². The zero-order chi connectivity index (χ0) is 26.5. The van der Waals surface area contributed by atoms with Crippen molar-refractivity contribution in [3.8, 4) is 0 Å². The molecule has 1 saturated carbocycles. The number of anilines is 2. The number of nitrogens with one attached hydrogen (secondary N) is 2.